The van der Waals surface area contributed by atoms with Crippen molar-refractivity contribution in [1.29, 1.82) is 0 Å². The van der Waals surface area contributed by atoms with Crippen molar-refractivity contribution in [2.45, 2.75) is 6.92 Å². The number of nitrogens with one attached hydrogen (secondary N) is 1. The molecule has 0 radical (unpaired) electrons. The average Bonchev–Trinajstić information content (AvgIpc) is 2.84. The summed E-state index contributed by atoms with van der Waals surface area (Å²) in [4.78, 5) is 23.9. The highest BCUT2D eigenvalue weighted by Gasteiger charge is 2.13. The highest BCUT2D eigenvalue weighted by Crippen LogP contribution is 2.13. The monoisotopic (exact) mass is 270 g/mol. The minimum absolute atomic E-state index is 0.0747. The molecule has 0 bridgehead atoms. The lowest BCUT2D eigenvalue weighted by Crippen LogP contribution is -2.15. The predicted octanol–water partition coefficient (Wildman–Crippen LogP) is 2.34. The smallest absolute Gasteiger partial charge is 0.292 e. The molecule has 0 aliphatic rings. The van der Waals surface area contributed by atoms with Crippen molar-refractivity contribution in [3.8, 4) is 0 Å². The number of rotatable bonds is 2. The van der Waals surface area contributed by atoms with Gasteiger partial charge in [-0.1, -0.05) is 17.3 Å². The number of benzene rings is 1. The Morgan fingerprint density at radius 1 is 1.25 bits per heavy atom. The summed E-state index contributed by atoms with van der Waals surface area (Å²) in [6.07, 6.45) is 0. The van der Waals surface area contributed by atoms with E-state index in [4.69, 9.17) is 8.94 Å². The molecule has 1 aromatic carbocycles. The summed E-state index contributed by atoms with van der Waals surface area (Å²) in [6, 6.07) is 9.46. The van der Waals surface area contributed by atoms with Gasteiger partial charge in [0.2, 0.25) is 0 Å². The van der Waals surface area contributed by atoms with E-state index in [1.165, 1.54) is 0 Å². The third-order valence-corrected chi connectivity index (χ3v) is 2.73. The fourth-order valence-electron chi connectivity index (χ4n) is 1.82. The van der Waals surface area contributed by atoms with Crippen LogP contribution < -0.4 is 10.7 Å². The molecule has 0 unspecified atom stereocenters. The fourth-order valence-corrected chi connectivity index (χ4v) is 1.82. The largest absolute Gasteiger partial charge is 0.451 e. The second kappa shape index (κ2) is 4.65. The molecule has 1 amide bonds. The molecule has 0 saturated heterocycles. The van der Waals surface area contributed by atoms with Gasteiger partial charge >= 0.3 is 0 Å². The number of carbonyl (C=O) groups is 1. The number of hydrogen-bond donors (Lipinski definition) is 1. The Labute approximate surface area is 113 Å². The molecule has 20 heavy (non-hydrogen) atoms. The number of hydrogen-bond acceptors (Lipinski definition) is 5. The first-order valence-electron chi connectivity index (χ1n) is 5.91. The van der Waals surface area contributed by atoms with Crippen molar-refractivity contribution in [2.75, 3.05) is 5.32 Å². The quantitative estimate of drug-likeness (QED) is 0.772. The van der Waals surface area contributed by atoms with Crippen LogP contribution >= 0.6 is 0 Å². The third kappa shape index (κ3) is 2.18. The Morgan fingerprint density at radius 2 is 2.05 bits per heavy atom. The molecular formula is C14H10N2O4. The van der Waals surface area contributed by atoms with Crippen LogP contribution in [0.15, 0.2) is 50.1 Å². The van der Waals surface area contributed by atoms with Gasteiger partial charge in [-0.2, -0.15) is 0 Å². The van der Waals surface area contributed by atoms with Gasteiger partial charge < -0.3 is 14.3 Å². The number of aromatic nitrogens is 1. The van der Waals surface area contributed by atoms with Crippen LogP contribution in [0.4, 0.5) is 5.82 Å². The van der Waals surface area contributed by atoms with E-state index >= 15 is 0 Å². The van der Waals surface area contributed by atoms with Crippen molar-refractivity contribution < 1.29 is 13.7 Å². The normalized spacial score (nSPS) is 10.7. The van der Waals surface area contributed by atoms with Crippen LogP contribution in [0.1, 0.15) is 16.3 Å². The highest BCUT2D eigenvalue weighted by molar-refractivity contribution is 6.02. The van der Waals surface area contributed by atoms with Crippen LogP contribution in [0.5, 0.6) is 0 Å². The lowest BCUT2D eigenvalue weighted by molar-refractivity contribution is 0.0996. The van der Waals surface area contributed by atoms with Crippen LogP contribution in [0.2, 0.25) is 0 Å². The van der Waals surface area contributed by atoms with E-state index in [9.17, 15) is 9.59 Å². The summed E-state index contributed by atoms with van der Waals surface area (Å²) in [5.74, 6) is 0.207. The molecule has 0 aliphatic heterocycles. The van der Waals surface area contributed by atoms with Gasteiger partial charge in [0.25, 0.3) is 5.91 Å². The summed E-state index contributed by atoms with van der Waals surface area (Å²) >= 11 is 0. The Morgan fingerprint density at radius 3 is 2.80 bits per heavy atom. The number of nitrogens with zero attached hydrogens (tertiary/aromatic N) is 1. The molecular weight excluding hydrogens is 260 g/mol. The average molecular weight is 270 g/mol. The zero-order valence-corrected chi connectivity index (χ0v) is 10.5. The Hall–Kier alpha value is -2.89. The summed E-state index contributed by atoms with van der Waals surface area (Å²) in [7, 11) is 0. The molecule has 0 saturated carbocycles. The maximum absolute atomic E-state index is 12.0. The van der Waals surface area contributed by atoms with Crippen LogP contribution in [0.25, 0.3) is 11.0 Å². The first kappa shape index (κ1) is 12.2. The maximum atomic E-state index is 12.0. The molecule has 0 aliphatic carbocycles. The lowest BCUT2D eigenvalue weighted by Gasteiger charge is -2.02. The molecule has 6 heteroatoms. The predicted molar refractivity (Wildman–Crippen MR) is 71.7 cm³/mol. The fraction of sp³-hybridized carbons (Fsp3) is 0.0714. The number of fused-ring (bicyclic) bond motifs is 1. The lowest BCUT2D eigenvalue weighted by atomic mass is 10.2. The summed E-state index contributed by atoms with van der Waals surface area (Å²) in [5.41, 5.74) is 0.0924. The number of amides is 1. The molecule has 3 aromatic rings. The van der Waals surface area contributed by atoms with Crippen molar-refractivity contribution in [2.24, 2.45) is 0 Å². The Bertz CT molecular complexity index is 848. The van der Waals surface area contributed by atoms with Crippen LogP contribution in [-0.2, 0) is 0 Å². The van der Waals surface area contributed by atoms with Gasteiger partial charge in [0, 0.05) is 12.1 Å². The number of para-hydroxylation sites is 1. The minimum atomic E-state index is -0.554. The summed E-state index contributed by atoms with van der Waals surface area (Å²) < 4.78 is 10.3. The van der Waals surface area contributed by atoms with Gasteiger partial charge in [-0.05, 0) is 19.1 Å². The van der Waals surface area contributed by atoms with Gasteiger partial charge in [0.05, 0.1) is 5.39 Å². The maximum Gasteiger partial charge on any atom is 0.292 e. The topological polar surface area (TPSA) is 85.3 Å². The van der Waals surface area contributed by atoms with E-state index in [1.54, 1.807) is 37.3 Å². The minimum Gasteiger partial charge on any atom is -0.451 e. The molecule has 3 rings (SSSR count). The second-order valence-electron chi connectivity index (χ2n) is 4.25. The van der Waals surface area contributed by atoms with E-state index in [2.05, 4.69) is 10.5 Å². The molecule has 2 aromatic heterocycles. The molecule has 100 valence electrons. The zero-order valence-electron chi connectivity index (χ0n) is 10.5. The van der Waals surface area contributed by atoms with Crippen LogP contribution in [0, 0.1) is 6.92 Å². The molecule has 1 N–H and O–H groups in total. The number of aryl methyl sites for hydroxylation is 1. The van der Waals surface area contributed by atoms with E-state index < -0.39 is 5.91 Å². The number of anilines is 1. The van der Waals surface area contributed by atoms with Crippen LogP contribution in [-0.4, -0.2) is 11.1 Å². The second-order valence-corrected chi connectivity index (χ2v) is 4.25. The van der Waals surface area contributed by atoms with E-state index in [0.29, 0.717) is 16.7 Å². The summed E-state index contributed by atoms with van der Waals surface area (Å²) in [5, 5.41) is 6.57. The SMILES string of the molecule is Cc1cc(NC(=O)c2cc(=O)c3ccccc3o2)no1. The van der Waals surface area contributed by atoms with Gasteiger partial charge in [0.1, 0.15) is 11.3 Å². The van der Waals surface area contributed by atoms with E-state index in [1.807, 2.05) is 0 Å². The standard InChI is InChI=1S/C14H10N2O4/c1-8-6-13(16-20-8)15-14(18)12-7-10(17)9-4-2-3-5-11(9)19-12/h2-7H,1H3,(H,15,16,18). The van der Waals surface area contributed by atoms with Crippen molar-refractivity contribution in [1.82, 2.24) is 5.16 Å². The van der Waals surface area contributed by atoms with Gasteiger partial charge in [-0.25, -0.2) is 0 Å². The molecule has 2 heterocycles. The van der Waals surface area contributed by atoms with Crippen molar-refractivity contribution in [3.63, 3.8) is 0 Å². The molecule has 0 spiro atoms. The first-order chi connectivity index (χ1) is 9.63. The van der Waals surface area contributed by atoms with Crippen LogP contribution in [0.3, 0.4) is 0 Å². The molecule has 0 fully saturated rings. The van der Waals surface area contributed by atoms with Gasteiger partial charge in [-0.3, -0.25) is 9.59 Å². The van der Waals surface area contributed by atoms with Crippen molar-refractivity contribution in [3.05, 3.63) is 58.1 Å². The zero-order chi connectivity index (χ0) is 14.1. The molecule has 0 atom stereocenters. The van der Waals surface area contributed by atoms with Gasteiger partial charge in [-0.15, -0.1) is 0 Å². The van der Waals surface area contributed by atoms with Crippen molar-refractivity contribution >= 4 is 22.7 Å². The van der Waals surface area contributed by atoms with E-state index in [0.717, 1.165) is 6.07 Å². The third-order valence-electron chi connectivity index (χ3n) is 2.73. The number of carbonyl (C=O) groups excluding carboxylic acids is 1. The van der Waals surface area contributed by atoms with E-state index in [-0.39, 0.29) is 17.0 Å². The van der Waals surface area contributed by atoms with Gasteiger partial charge in [0.15, 0.2) is 17.0 Å². The highest BCUT2D eigenvalue weighted by atomic mass is 16.5. The molecule has 6 nitrogen and oxygen atoms in total. The summed E-state index contributed by atoms with van der Waals surface area (Å²) in [6.45, 7) is 1.71. The Balaban J connectivity index is 1.97. The first-order valence-corrected chi connectivity index (χ1v) is 5.91. The Kier molecular flexibility index (Phi) is 2.83.